The second kappa shape index (κ2) is 7.95. The molecule has 2 aromatic carbocycles. The zero-order valence-electron chi connectivity index (χ0n) is 17.4. The van der Waals surface area contributed by atoms with Crippen molar-refractivity contribution in [2.45, 2.75) is 6.92 Å². The molecule has 0 N–H and O–H groups in total. The van der Waals surface area contributed by atoms with Gasteiger partial charge in [0, 0.05) is 20.2 Å². The van der Waals surface area contributed by atoms with Gasteiger partial charge in [0.05, 0.1) is 11.4 Å². The third-order valence-electron chi connectivity index (χ3n) is 4.90. The van der Waals surface area contributed by atoms with Crippen molar-refractivity contribution in [3.63, 3.8) is 0 Å². The van der Waals surface area contributed by atoms with Crippen LogP contribution < -0.4 is 14.7 Å². The van der Waals surface area contributed by atoms with Gasteiger partial charge in [0.15, 0.2) is 5.88 Å². The van der Waals surface area contributed by atoms with Gasteiger partial charge in [-0.15, -0.1) is 0 Å². The smallest absolute Gasteiger partial charge is 0.343 e. The molecule has 0 unspecified atom stereocenters. The van der Waals surface area contributed by atoms with Crippen LogP contribution in [0.1, 0.15) is 11.3 Å². The number of amides is 4. The molecule has 0 spiro atoms. The number of imide groups is 2. The number of urea groups is 1. The maximum absolute atomic E-state index is 13.3. The van der Waals surface area contributed by atoms with E-state index in [9.17, 15) is 14.4 Å². The van der Waals surface area contributed by atoms with Crippen molar-refractivity contribution in [3.05, 3.63) is 83.6 Å². The van der Waals surface area contributed by atoms with Gasteiger partial charge in [-0.3, -0.25) is 9.59 Å². The van der Waals surface area contributed by atoms with E-state index >= 15 is 0 Å². The molecule has 0 bridgehead atoms. The highest BCUT2D eigenvalue weighted by molar-refractivity contribution is 6.46. The number of anilines is 3. The molecule has 4 amide bonds. The summed E-state index contributed by atoms with van der Waals surface area (Å²) in [5, 5.41) is 0. The molecule has 1 aromatic heterocycles. The van der Waals surface area contributed by atoms with Crippen LogP contribution >= 0.6 is 0 Å². The maximum Gasteiger partial charge on any atom is 0.343 e. The minimum Gasteiger partial charge on any atom is -0.441 e. The lowest BCUT2D eigenvalue weighted by atomic mass is 10.1. The molecular weight excluding hydrogens is 394 g/mol. The summed E-state index contributed by atoms with van der Waals surface area (Å²) >= 11 is 0. The van der Waals surface area contributed by atoms with Gasteiger partial charge < -0.3 is 9.32 Å². The molecule has 1 aliphatic rings. The predicted molar refractivity (Wildman–Crippen MR) is 119 cm³/mol. The van der Waals surface area contributed by atoms with E-state index in [0.717, 1.165) is 15.4 Å². The van der Waals surface area contributed by atoms with Crippen molar-refractivity contribution in [1.29, 1.82) is 0 Å². The zero-order chi connectivity index (χ0) is 22.1. The van der Waals surface area contributed by atoms with Gasteiger partial charge in [0.2, 0.25) is 0 Å². The number of benzene rings is 2. The van der Waals surface area contributed by atoms with Crippen molar-refractivity contribution < 1.29 is 18.8 Å². The van der Waals surface area contributed by atoms with Crippen molar-refractivity contribution in [1.82, 2.24) is 0 Å². The van der Waals surface area contributed by atoms with Crippen LogP contribution in [0.5, 0.6) is 0 Å². The van der Waals surface area contributed by atoms with Gasteiger partial charge in [0.25, 0.3) is 11.8 Å². The summed E-state index contributed by atoms with van der Waals surface area (Å²) in [7, 11) is 3.64. The third kappa shape index (κ3) is 3.73. The molecule has 156 valence electrons. The molecule has 7 nitrogen and oxygen atoms in total. The van der Waals surface area contributed by atoms with Crippen LogP contribution in [0.15, 0.2) is 76.7 Å². The summed E-state index contributed by atoms with van der Waals surface area (Å²) in [6, 6.07) is 18.2. The summed E-state index contributed by atoms with van der Waals surface area (Å²) < 4.78 is 5.69. The second-order valence-corrected chi connectivity index (χ2v) is 7.36. The number of hydrogen-bond acceptors (Lipinski definition) is 5. The summed E-state index contributed by atoms with van der Waals surface area (Å²) in [5.41, 5.74) is 1.58. The van der Waals surface area contributed by atoms with Crippen LogP contribution in [0.3, 0.4) is 0 Å². The highest BCUT2D eigenvalue weighted by Gasteiger charge is 2.43. The van der Waals surface area contributed by atoms with Crippen LogP contribution in [0.2, 0.25) is 0 Å². The van der Waals surface area contributed by atoms with Gasteiger partial charge in [-0.1, -0.05) is 35.9 Å². The first-order valence-corrected chi connectivity index (χ1v) is 9.70. The molecule has 2 heterocycles. The molecule has 4 rings (SSSR count). The van der Waals surface area contributed by atoms with Gasteiger partial charge >= 0.3 is 6.03 Å². The number of furan rings is 1. The lowest BCUT2D eigenvalue weighted by Gasteiger charge is -2.33. The summed E-state index contributed by atoms with van der Waals surface area (Å²) in [5.74, 6) is -0.484. The first-order chi connectivity index (χ1) is 14.9. The summed E-state index contributed by atoms with van der Waals surface area (Å²) in [4.78, 5) is 43.6. The van der Waals surface area contributed by atoms with Crippen molar-refractivity contribution in [3.8, 4) is 0 Å². The molecule has 1 aliphatic heterocycles. The van der Waals surface area contributed by atoms with E-state index in [0.29, 0.717) is 23.0 Å². The third-order valence-corrected chi connectivity index (χ3v) is 4.90. The molecule has 0 saturated carbocycles. The van der Waals surface area contributed by atoms with E-state index in [1.165, 1.54) is 6.08 Å². The molecule has 7 heteroatoms. The highest BCUT2D eigenvalue weighted by Crippen LogP contribution is 2.30. The maximum atomic E-state index is 13.3. The van der Waals surface area contributed by atoms with Crippen LogP contribution in [0, 0.1) is 6.92 Å². The Balaban J connectivity index is 1.84. The number of nitrogens with zero attached hydrogens (tertiary/aromatic N) is 3. The monoisotopic (exact) mass is 415 g/mol. The van der Waals surface area contributed by atoms with E-state index in [4.69, 9.17) is 4.42 Å². The van der Waals surface area contributed by atoms with Crippen molar-refractivity contribution >= 4 is 41.2 Å². The average molecular weight is 415 g/mol. The largest absolute Gasteiger partial charge is 0.441 e. The molecule has 0 radical (unpaired) electrons. The number of hydrogen-bond donors (Lipinski definition) is 0. The summed E-state index contributed by atoms with van der Waals surface area (Å²) in [6.45, 7) is 1.91. The molecule has 1 fully saturated rings. The molecule has 31 heavy (non-hydrogen) atoms. The average Bonchev–Trinajstić information content (AvgIpc) is 3.23. The van der Waals surface area contributed by atoms with E-state index in [1.807, 2.05) is 21.0 Å². The van der Waals surface area contributed by atoms with Gasteiger partial charge in [-0.05, 0) is 43.3 Å². The van der Waals surface area contributed by atoms with Gasteiger partial charge in [0.1, 0.15) is 11.3 Å². The van der Waals surface area contributed by atoms with Crippen LogP contribution in [-0.4, -0.2) is 31.9 Å². The van der Waals surface area contributed by atoms with E-state index in [-0.39, 0.29) is 5.57 Å². The highest BCUT2D eigenvalue weighted by atomic mass is 16.4. The van der Waals surface area contributed by atoms with E-state index in [1.54, 1.807) is 71.6 Å². The number of carbonyl (C=O) groups is 3. The normalized spacial score (nSPS) is 15.7. The Morgan fingerprint density at radius 2 is 1.35 bits per heavy atom. The summed E-state index contributed by atoms with van der Waals surface area (Å²) in [6.07, 6.45) is 1.38. The van der Waals surface area contributed by atoms with Crippen LogP contribution in [-0.2, 0) is 9.59 Å². The second-order valence-electron chi connectivity index (χ2n) is 7.36. The fraction of sp³-hybridized carbons (Fsp3) is 0.125. The first-order valence-electron chi connectivity index (χ1n) is 9.70. The lowest BCUT2D eigenvalue weighted by molar-refractivity contribution is -0.121. The predicted octanol–water partition coefficient (Wildman–Crippen LogP) is 4.24. The number of rotatable bonds is 4. The van der Waals surface area contributed by atoms with Crippen LogP contribution in [0.4, 0.5) is 22.1 Å². The standard InChI is InChI=1S/C24H21N3O4/c1-16-9-11-18(12-10-16)27-23(29)20(15-19-13-14-21(31-19)25(2)3)22(28)26(24(27)30)17-7-5-4-6-8-17/h4-15H,1-3H3/b20-15+. The SMILES string of the molecule is Cc1ccc(N2C(=O)/C(=C/c3ccc(N(C)C)o3)C(=O)N(c3ccccc3)C2=O)cc1. The lowest BCUT2D eigenvalue weighted by Crippen LogP contribution is -2.57. The Morgan fingerprint density at radius 3 is 1.90 bits per heavy atom. The van der Waals surface area contributed by atoms with E-state index in [2.05, 4.69) is 0 Å². The Morgan fingerprint density at radius 1 is 0.774 bits per heavy atom. The fourth-order valence-electron chi connectivity index (χ4n) is 3.26. The Hall–Kier alpha value is -4.13. The van der Waals surface area contributed by atoms with Crippen LogP contribution in [0.25, 0.3) is 6.08 Å². The minimum absolute atomic E-state index is 0.163. The molecule has 1 saturated heterocycles. The van der Waals surface area contributed by atoms with Crippen molar-refractivity contribution in [2.24, 2.45) is 0 Å². The number of barbiturate groups is 1. The Kier molecular flexibility index (Phi) is 5.17. The Bertz CT molecular complexity index is 1180. The zero-order valence-corrected chi connectivity index (χ0v) is 17.4. The minimum atomic E-state index is -0.726. The van der Waals surface area contributed by atoms with Gasteiger partial charge in [-0.25, -0.2) is 14.6 Å². The topological polar surface area (TPSA) is 74.1 Å². The van der Waals surface area contributed by atoms with E-state index < -0.39 is 17.8 Å². The Labute approximate surface area is 179 Å². The molecule has 0 atom stereocenters. The molecule has 3 aromatic rings. The number of para-hydroxylation sites is 1. The molecular formula is C24H21N3O4. The fourth-order valence-corrected chi connectivity index (χ4v) is 3.26. The molecule has 0 aliphatic carbocycles. The van der Waals surface area contributed by atoms with Gasteiger partial charge in [-0.2, -0.15) is 0 Å². The van der Waals surface area contributed by atoms with Crippen molar-refractivity contribution in [2.75, 3.05) is 28.8 Å². The quantitative estimate of drug-likeness (QED) is 0.471. The number of aryl methyl sites for hydroxylation is 1. The first kappa shape index (κ1) is 20.2. The number of carbonyl (C=O) groups excluding carboxylic acids is 3.